The zero-order chi connectivity index (χ0) is 48.5. The standard InChI is InChI=1S/C49H67NO14Si/c1-27-31(60-42(56)37(64-65(12,13)45(6,7)8)35(29-20-16-14-17-21-29)50-43(57)63-44(3,4)5)25-49(58)40(61-41(55)30-22-18-15-19-23-30)38-47(11,39(54)36(53)34(27)46(49,9)10)32(52)24-33-48(38,26-59-33)62-28(2)51/h14-23,31-33,35-38,40,52-53,58H,24-26H2,1-13H3,(H,50,57)/t31-,32-,33+,35-,36+,37+,38?,40-,47+,48-,49+/m0/s1. The van der Waals surface area contributed by atoms with Crippen LogP contribution in [0.5, 0.6) is 0 Å². The van der Waals surface area contributed by atoms with Gasteiger partial charge in [0.15, 0.2) is 25.8 Å². The molecule has 2 saturated carbocycles. The number of esters is 3. The van der Waals surface area contributed by atoms with Crippen LogP contribution in [0.2, 0.25) is 18.1 Å². The average Bonchev–Trinajstić information content (AvgIpc) is 3.20. The van der Waals surface area contributed by atoms with Gasteiger partial charge in [0.2, 0.25) is 0 Å². The number of carbonyl (C=O) groups is 5. The third-order valence-electron chi connectivity index (χ3n) is 14.8. The molecule has 65 heavy (non-hydrogen) atoms. The van der Waals surface area contributed by atoms with E-state index in [9.17, 15) is 29.7 Å². The summed E-state index contributed by atoms with van der Waals surface area (Å²) in [4.78, 5) is 71.4. The van der Waals surface area contributed by atoms with Gasteiger partial charge in [0.1, 0.15) is 35.6 Å². The van der Waals surface area contributed by atoms with E-state index >= 15 is 9.59 Å². The molecule has 4 N–H and O–H groups in total. The molecule has 0 spiro atoms. The first kappa shape index (κ1) is 50.0. The number of alkyl carbamates (subject to hydrolysis) is 1. The number of amides is 1. The van der Waals surface area contributed by atoms with Crippen molar-refractivity contribution in [1.29, 1.82) is 0 Å². The molecule has 1 amide bonds. The smallest absolute Gasteiger partial charge is 0.408 e. The van der Waals surface area contributed by atoms with Crippen LogP contribution >= 0.6 is 0 Å². The second-order valence-electron chi connectivity index (χ2n) is 21.4. The van der Waals surface area contributed by atoms with Gasteiger partial charge in [-0.2, -0.15) is 0 Å². The van der Waals surface area contributed by atoms with Gasteiger partial charge in [-0.1, -0.05) is 83.1 Å². The molecular weight excluding hydrogens is 855 g/mol. The van der Waals surface area contributed by atoms with E-state index < -0.39 is 126 Å². The minimum atomic E-state index is -2.90. The van der Waals surface area contributed by atoms with Crippen LogP contribution in [0.3, 0.4) is 0 Å². The maximum Gasteiger partial charge on any atom is 0.408 e. The zero-order valence-corrected chi connectivity index (χ0v) is 40.8. The largest absolute Gasteiger partial charge is 0.456 e. The molecule has 1 saturated heterocycles. The third kappa shape index (κ3) is 8.82. The van der Waals surface area contributed by atoms with Crippen molar-refractivity contribution in [2.24, 2.45) is 16.7 Å². The molecule has 16 heteroatoms. The topological polar surface area (TPSA) is 213 Å². The molecule has 2 bridgehead atoms. The second-order valence-corrected chi connectivity index (χ2v) is 26.2. The van der Waals surface area contributed by atoms with E-state index in [0.717, 1.165) is 0 Å². The van der Waals surface area contributed by atoms with Crippen LogP contribution in [0.25, 0.3) is 0 Å². The summed E-state index contributed by atoms with van der Waals surface area (Å²) in [5.41, 5.74) is -7.76. The Bertz CT molecular complexity index is 2200. The number of hydrogen-bond donors (Lipinski definition) is 4. The SMILES string of the molecule is CC(=O)O[C@@]12CO[C@@H]1C[C@H](O)[C@@]1(C)C(=O)[C@H](O)C3=C(C)[C@@H](OC(=O)[C@H](O[Si](C)(C)C(C)(C)C)[C@@H](NC(=O)OC(C)(C)C)c4ccccc4)C[C@@](O)([C@@H](OC(=O)c4ccccc4)C12)C3(C)C. The van der Waals surface area contributed by atoms with E-state index in [-0.39, 0.29) is 29.7 Å². The highest BCUT2D eigenvalue weighted by Gasteiger charge is 2.78. The van der Waals surface area contributed by atoms with Crippen molar-refractivity contribution in [1.82, 2.24) is 5.32 Å². The maximum atomic E-state index is 15.2. The van der Waals surface area contributed by atoms with Gasteiger partial charge in [-0.25, -0.2) is 14.4 Å². The van der Waals surface area contributed by atoms with Gasteiger partial charge < -0.3 is 48.7 Å². The summed E-state index contributed by atoms with van der Waals surface area (Å²) < 4.78 is 37.5. The highest BCUT2D eigenvalue weighted by Crippen LogP contribution is 2.64. The second kappa shape index (κ2) is 17.3. The molecule has 2 aromatic carbocycles. The highest BCUT2D eigenvalue weighted by molar-refractivity contribution is 6.74. The minimum absolute atomic E-state index is 0.0106. The Balaban J connectivity index is 1.55. The summed E-state index contributed by atoms with van der Waals surface area (Å²) in [5.74, 6) is -4.98. The van der Waals surface area contributed by atoms with Crippen LogP contribution in [-0.2, 0) is 42.5 Å². The van der Waals surface area contributed by atoms with Gasteiger partial charge in [-0.3, -0.25) is 9.59 Å². The fourth-order valence-corrected chi connectivity index (χ4v) is 11.4. The van der Waals surface area contributed by atoms with Crippen molar-refractivity contribution >= 4 is 38.1 Å². The average molecular weight is 922 g/mol. The van der Waals surface area contributed by atoms with Gasteiger partial charge in [0.25, 0.3) is 0 Å². The van der Waals surface area contributed by atoms with E-state index in [1.165, 1.54) is 26.0 Å². The van der Waals surface area contributed by atoms with E-state index in [4.69, 9.17) is 28.1 Å². The Morgan fingerprint density at radius 1 is 0.908 bits per heavy atom. The number of nitrogens with one attached hydrogen (secondary N) is 1. The molecule has 6 rings (SSSR count). The summed E-state index contributed by atoms with van der Waals surface area (Å²) in [6.07, 6.45) is -10.7. The van der Waals surface area contributed by atoms with Gasteiger partial charge in [0.05, 0.1) is 35.6 Å². The molecule has 1 heterocycles. The Morgan fingerprint density at radius 3 is 2.02 bits per heavy atom. The molecule has 3 fully saturated rings. The van der Waals surface area contributed by atoms with Crippen LogP contribution < -0.4 is 5.32 Å². The Kier molecular flexibility index (Phi) is 13.3. The molecule has 11 atom stereocenters. The minimum Gasteiger partial charge on any atom is -0.456 e. The molecule has 0 aromatic heterocycles. The van der Waals surface area contributed by atoms with Crippen LogP contribution in [0.15, 0.2) is 71.8 Å². The van der Waals surface area contributed by atoms with Crippen molar-refractivity contribution < 1.29 is 67.4 Å². The molecule has 4 aliphatic rings. The van der Waals surface area contributed by atoms with Gasteiger partial charge in [-0.05, 0) is 81.6 Å². The predicted octanol–water partition coefficient (Wildman–Crippen LogP) is 6.29. The highest BCUT2D eigenvalue weighted by atomic mass is 28.4. The van der Waals surface area contributed by atoms with E-state index in [1.807, 2.05) is 33.9 Å². The summed E-state index contributed by atoms with van der Waals surface area (Å²) in [6.45, 7) is 22.1. The van der Waals surface area contributed by atoms with E-state index in [2.05, 4.69) is 5.32 Å². The van der Waals surface area contributed by atoms with Crippen molar-refractivity contribution in [2.45, 2.75) is 167 Å². The lowest BCUT2D eigenvalue weighted by Crippen LogP contribution is -2.81. The molecule has 2 aromatic rings. The third-order valence-corrected chi connectivity index (χ3v) is 19.2. The fourth-order valence-electron chi connectivity index (χ4n) is 10.2. The predicted molar refractivity (Wildman–Crippen MR) is 240 cm³/mol. The number of aliphatic hydroxyl groups is 3. The number of hydrogen-bond acceptors (Lipinski definition) is 14. The number of carbonyl (C=O) groups excluding carboxylic acids is 5. The van der Waals surface area contributed by atoms with Crippen LogP contribution in [0, 0.1) is 16.7 Å². The number of ketones is 1. The molecule has 0 radical (unpaired) electrons. The number of benzene rings is 2. The molecule has 356 valence electrons. The van der Waals surface area contributed by atoms with Crippen molar-refractivity contribution in [2.75, 3.05) is 6.61 Å². The Labute approximate surface area is 382 Å². The quantitative estimate of drug-likeness (QED) is 0.0893. The molecule has 3 aliphatic carbocycles. The zero-order valence-electron chi connectivity index (χ0n) is 39.8. The number of fused-ring (bicyclic) bond motifs is 5. The molecule has 1 unspecified atom stereocenters. The molecular formula is C49H67NO14Si. The van der Waals surface area contributed by atoms with Crippen molar-refractivity contribution in [3.8, 4) is 0 Å². The number of ether oxygens (including phenoxy) is 5. The molecule has 15 nitrogen and oxygen atoms in total. The monoisotopic (exact) mass is 921 g/mol. The lowest BCUT2D eigenvalue weighted by molar-refractivity contribution is -0.346. The molecule has 1 aliphatic heterocycles. The van der Waals surface area contributed by atoms with Gasteiger partial charge >= 0.3 is 24.0 Å². The van der Waals surface area contributed by atoms with Crippen LogP contribution in [0.1, 0.15) is 111 Å². The first-order valence-corrected chi connectivity index (χ1v) is 25.2. The Hall–Kier alpha value is -4.45. The van der Waals surface area contributed by atoms with Crippen molar-refractivity contribution in [3.63, 3.8) is 0 Å². The first-order chi connectivity index (χ1) is 29.9. The van der Waals surface area contributed by atoms with E-state index in [1.54, 1.807) is 90.1 Å². The van der Waals surface area contributed by atoms with Gasteiger partial charge in [-0.15, -0.1) is 0 Å². The normalized spacial score (nSPS) is 31.9. The lowest BCUT2D eigenvalue weighted by Gasteiger charge is -2.67. The Morgan fingerprint density at radius 2 is 1.49 bits per heavy atom. The van der Waals surface area contributed by atoms with Gasteiger partial charge in [0, 0.05) is 25.2 Å². The number of Topliss-reactive ketones (excluding diaryl/α,β-unsaturated/α-hetero) is 1. The number of rotatable bonds is 10. The number of aliphatic hydroxyl groups excluding tert-OH is 2. The summed E-state index contributed by atoms with van der Waals surface area (Å²) in [6, 6.07) is 15.6. The van der Waals surface area contributed by atoms with Crippen LogP contribution in [0.4, 0.5) is 4.79 Å². The summed E-state index contributed by atoms with van der Waals surface area (Å²) in [7, 11) is -2.90. The summed E-state index contributed by atoms with van der Waals surface area (Å²) in [5, 5.41) is 40.6. The first-order valence-electron chi connectivity index (χ1n) is 22.3. The lowest BCUT2D eigenvalue weighted by atomic mass is 9.44. The van der Waals surface area contributed by atoms with E-state index in [0.29, 0.717) is 5.56 Å². The maximum absolute atomic E-state index is 15.2. The van der Waals surface area contributed by atoms with Crippen LogP contribution in [-0.4, -0.2) is 113 Å². The fraction of sp³-hybridized carbons (Fsp3) is 0.612. The summed E-state index contributed by atoms with van der Waals surface area (Å²) >= 11 is 0. The van der Waals surface area contributed by atoms with Crippen molar-refractivity contribution in [3.05, 3.63) is 82.9 Å².